The van der Waals surface area contributed by atoms with Gasteiger partial charge in [0, 0.05) is 24.2 Å². The van der Waals surface area contributed by atoms with Crippen molar-refractivity contribution >= 4 is 5.78 Å². The van der Waals surface area contributed by atoms with Crippen molar-refractivity contribution in [3.05, 3.63) is 23.8 Å². The van der Waals surface area contributed by atoms with Gasteiger partial charge in [-0.2, -0.15) is 0 Å². The van der Waals surface area contributed by atoms with Crippen LogP contribution in [-0.2, 0) is 4.79 Å². The molecule has 3 aliphatic rings. The number of piperidine rings is 1. The highest BCUT2D eigenvalue weighted by molar-refractivity contribution is 5.79. The number of carbonyl (C=O) groups excluding carboxylic acids is 1. The van der Waals surface area contributed by atoms with Gasteiger partial charge in [0.25, 0.3) is 0 Å². The number of hydrogen-bond donors (Lipinski definition) is 1. The van der Waals surface area contributed by atoms with Gasteiger partial charge in [0.2, 0.25) is 0 Å². The molecule has 1 aromatic rings. The molecule has 0 unspecified atom stereocenters. The average Bonchev–Trinajstić information content (AvgIpc) is 2.68. The molecule has 150 valence electrons. The molecule has 1 spiro atoms. The van der Waals surface area contributed by atoms with Gasteiger partial charge in [-0.05, 0) is 75.4 Å². The van der Waals surface area contributed by atoms with Crippen molar-refractivity contribution in [2.75, 3.05) is 13.1 Å². The van der Waals surface area contributed by atoms with Crippen LogP contribution in [0.5, 0.6) is 0 Å². The summed E-state index contributed by atoms with van der Waals surface area (Å²) in [4.78, 5) is 19.9. The van der Waals surface area contributed by atoms with Gasteiger partial charge in [-0.15, -0.1) is 0 Å². The molecule has 27 heavy (non-hydrogen) atoms. The van der Waals surface area contributed by atoms with Gasteiger partial charge in [-0.1, -0.05) is 33.1 Å². The van der Waals surface area contributed by atoms with E-state index in [1.165, 1.54) is 63.4 Å². The lowest BCUT2D eigenvalue weighted by Crippen LogP contribution is -2.41. The number of hydrogen-bond acceptors (Lipinski definition) is 4. The standard InChI is InChI=1S/C12H19N3.C11H18O/c1-9(2)12-14-7-11(8-15-12)10-3-5-13-6-4-10;1-9(12)10-7-11(8-10)5-3-2-4-6-11/h7-10,13H,3-6H2,1-2H3;10H,2-8H2,1H3. The summed E-state index contributed by atoms with van der Waals surface area (Å²) >= 11 is 0. The summed E-state index contributed by atoms with van der Waals surface area (Å²) < 4.78 is 0. The fourth-order valence-corrected chi connectivity index (χ4v) is 5.00. The van der Waals surface area contributed by atoms with Crippen LogP contribution in [0, 0.1) is 11.3 Å². The van der Waals surface area contributed by atoms with Gasteiger partial charge in [-0.25, -0.2) is 9.97 Å². The largest absolute Gasteiger partial charge is 0.317 e. The fourth-order valence-electron chi connectivity index (χ4n) is 5.00. The molecule has 1 saturated heterocycles. The van der Waals surface area contributed by atoms with Crippen molar-refractivity contribution in [1.82, 2.24) is 15.3 Å². The summed E-state index contributed by atoms with van der Waals surface area (Å²) in [7, 11) is 0. The van der Waals surface area contributed by atoms with Crippen LogP contribution in [-0.4, -0.2) is 28.8 Å². The van der Waals surface area contributed by atoms with Crippen LogP contribution in [0.25, 0.3) is 0 Å². The van der Waals surface area contributed by atoms with Crippen molar-refractivity contribution in [1.29, 1.82) is 0 Å². The van der Waals surface area contributed by atoms with Crippen LogP contribution in [0.1, 0.15) is 102 Å². The first-order valence-corrected chi connectivity index (χ1v) is 11.0. The number of nitrogens with zero attached hydrogens (tertiary/aromatic N) is 2. The molecule has 2 heterocycles. The molecule has 0 amide bonds. The zero-order valence-corrected chi connectivity index (χ0v) is 17.5. The molecule has 0 radical (unpaired) electrons. The third-order valence-corrected chi connectivity index (χ3v) is 6.87. The third-order valence-electron chi connectivity index (χ3n) is 6.87. The normalized spacial score (nSPS) is 22.8. The molecule has 0 aromatic carbocycles. The summed E-state index contributed by atoms with van der Waals surface area (Å²) in [6, 6.07) is 0. The van der Waals surface area contributed by atoms with E-state index >= 15 is 0 Å². The molecule has 4 nitrogen and oxygen atoms in total. The Balaban J connectivity index is 0.000000159. The minimum Gasteiger partial charge on any atom is -0.317 e. The van der Waals surface area contributed by atoms with E-state index in [1.807, 2.05) is 12.4 Å². The van der Waals surface area contributed by atoms with Crippen molar-refractivity contribution < 1.29 is 4.79 Å². The summed E-state index contributed by atoms with van der Waals surface area (Å²) in [5, 5.41) is 3.37. The average molecular weight is 372 g/mol. The van der Waals surface area contributed by atoms with E-state index in [2.05, 4.69) is 29.1 Å². The van der Waals surface area contributed by atoms with E-state index in [0.29, 0.717) is 29.0 Å². The van der Waals surface area contributed by atoms with Crippen LogP contribution >= 0.6 is 0 Å². The van der Waals surface area contributed by atoms with E-state index in [-0.39, 0.29) is 0 Å². The van der Waals surface area contributed by atoms with Crippen LogP contribution < -0.4 is 5.32 Å². The van der Waals surface area contributed by atoms with E-state index in [1.54, 1.807) is 6.92 Å². The maximum atomic E-state index is 11.1. The highest BCUT2D eigenvalue weighted by Gasteiger charge is 2.45. The summed E-state index contributed by atoms with van der Waals surface area (Å²) in [6.45, 7) is 8.24. The van der Waals surface area contributed by atoms with Gasteiger partial charge in [-0.3, -0.25) is 4.79 Å². The monoisotopic (exact) mass is 371 g/mol. The lowest BCUT2D eigenvalue weighted by atomic mass is 9.55. The molecule has 1 aromatic heterocycles. The predicted molar refractivity (Wildman–Crippen MR) is 110 cm³/mol. The molecule has 3 fully saturated rings. The van der Waals surface area contributed by atoms with Gasteiger partial charge < -0.3 is 5.32 Å². The van der Waals surface area contributed by atoms with Crippen LogP contribution in [0.3, 0.4) is 0 Å². The SMILES string of the molecule is CC(=O)C1CC2(CCCCC2)C1.CC(C)c1ncc(C2CCNCC2)cn1. The number of Topliss-reactive ketones (excluding diaryl/α,β-unsaturated/α-hetero) is 1. The minimum absolute atomic E-state index is 0.422. The lowest BCUT2D eigenvalue weighted by molar-refractivity contribution is -0.129. The maximum Gasteiger partial charge on any atom is 0.132 e. The highest BCUT2D eigenvalue weighted by Crippen LogP contribution is 2.54. The maximum absolute atomic E-state index is 11.1. The third kappa shape index (κ3) is 5.37. The second kappa shape index (κ2) is 9.27. The van der Waals surface area contributed by atoms with Crippen molar-refractivity contribution in [2.45, 2.75) is 90.4 Å². The summed E-state index contributed by atoms with van der Waals surface area (Å²) in [5.41, 5.74) is 1.94. The van der Waals surface area contributed by atoms with Crippen LogP contribution in [0.4, 0.5) is 0 Å². The zero-order valence-electron chi connectivity index (χ0n) is 17.5. The molecule has 0 atom stereocenters. The molecule has 1 aliphatic heterocycles. The number of nitrogens with one attached hydrogen (secondary N) is 1. The second-order valence-corrected chi connectivity index (χ2v) is 9.33. The van der Waals surface area contributed by atoms with E-state index in [9.17, 15) is 4.79 Å². The number of aromatic nitrogens is 2. The first-order chi connectivity index (χ1) is 13.0. The Labute approximate surface area is 165 Å². The molecule has 4 heteroatoms. The number of ketones is 1. The molecular weight excluding hydrogens is 334 g/mol. The van der Waals surface area contributed by atoms with Crippen molar-refractivity contribution in [2.24, 2.45) is 11.3 Å². The van der Waals surface area contributed by atoms with Gasteiger partial charge in [0.1, 0.15) is 11.6 Å². The van der Waals surface area contributed by atoms with Crippen molar-refractivity contribution in [3.8, 4) is 0 Å². The van der Waals surface area contributed by atoms with E-state index in [0.717, 1.165) is 18.9 Å². The summed E-state index contributed by atoms with van der Waals surface area (Å²) in [5.74, 6) is 2.89. The van der Waals surface area contributed by atoms with E-state index < -0.39 is 0 Å². The molecule has 1 N–H and O–H groups in total. The minimum atomic E-state index is 0.422. The fraction of sp³-hybridized carbons (Fsp3) is 0.783. The molecule has 2 aliphatic carbocycles. The summed E-state index contributed by atoms with van der Waals surface area (Å²) in [6.07, 6.45) is 15.9. The predicted octanol–water partition coefficient (Wildman–Crippen LogP) is 5.00. The smallest absolute Gasteiger partial charge is 0.132 e. The molecule has 2 saturated carbocycles. The van der Waals surface area contributed by atoms with Gasteiger partial charge in [0.15, 0.2) is 0 Å². The molecule has 4 rings (SSSR count). The van der Waals surface area contributed by atoms with E-state index in [4.69, 9.17) is 0 Å². The van der Waals surface area contributed by atoms with Crippen molar-refractivity contribution in [3.63, 3.8) is 0 Å². The Morgan fingerprint density at radius 2 is 1.67 bits per heavy atom. The Morgan fingerprint density at radius 3 is 2.19 bits per heavy atom. The zero-order chi connectivity index (χ0) is 19.3. The van der Waals surface area contributed by atoms with Crippen LogP contribution in [0.2, 0.25) is 0 Å². The Kier molecular flexibility index (Phi) is 7.02. The first kappa shape index (κ1) is 20.4. The number of carbonyl (C=O) groups is 1. The van der Waals surface area contributed by atoms with Gasteiger partial charge >= 0.3 is 0 Å². The molecule has 0 bridgehead atoms. The van der Waals surface area contributed by atoms with Gasteiger partial charge in [0.05, 0.1) is 0 Å². The first-order valence-electron chi connectivity index (χ1n) is 11.0. The number of rotatable bonds is 3. The van der Waals surface area contributed by atoms with Crippen LogP contribution in [0.15, 0.2) is 12.4 Å². The topological polar surface area (TPSA) is 54.9 Å². The highest BCUT2D eigenvalue weighted by atomic mass is 16.1. The quantitative estimate of drug-likeness (QED) is 0.812. The Bertz CT molecular complexity index is 591. The Morgan fingerprint density at radius 1 is 1.07 bits per heavy atom. The second-order valence-electron chi connectivity index (χ2n) is 9.33. The Hall–Kier alpha value is -1.29. The molecular formula is C23H37N3O. The lowest BCUT2D eigenvalue weighted by Gasteiger charge is -2.49.